The van der Waals surface area contributed by atoms with Gasteiger partial charge in [0.1, 0.15) is 0 Å². The van der Waals surface area contributed by atoms with Crippen LogP contribution in [0.25, 0.3) is 0 Å². The van der Waals surface area contributed by atoms with Crippen molar-refractivity contribution in [1.29, 1.82) is 0 Å². The predicted molar refractivity (Wildman–Crippen MR) is 99.1 cm³/mol. The minimum Gasteiger partial charge on any atom is -0.456 e. The number of nitrogens with zero attached hydrogens (tertiary/aromatic N) is 2. The van der Waals surface area contributed by atoms with Gasteiger partial charge < -0.3 is 15.4 Å². The van der Waals surface area contributed by atoms with E-state index in [0.29, 0.717) is 22.5 Å². The number of aromatic nitrogens is 2. The SMILES string of the molecule is CC(NC(=O)COC(=O)CCNc1ncccn1)c1ccc(Cl)cc1Cl. The maximum atomic E-state index is 11.9. The number of carbonyl (C=O) groups excluding carboxylic acids is 2. The summed E-state index contributed by atoms with van der Waals surface area (Å²) >= 11 is 12.0. The number of hydrogen-bond donors (Lipinski definition) is 2. The molecule has 0 fully saturated rings. The Hall–Kier alpha value is -2.38. The smallest absolute Gasteiger partial charge is 0.308 e. The number of carbonyl (C=O) groups is 2. The predicted octanol–water partition coefficient (Wildman–Crippen LogP) is 3.01. The molecular weight excluding hydrogens is 379 g/mol. The Bertz CT molecular complexity index is 759. The van der Waals surface area contributed by atoms with Crippen LogP contribution in [0.4, 0.5) is 5.95 Å². The van der Waals surface area contributed by atoms with E-state index in [1.54, 1.807) is 43.6 Å². The number of esters is 1. The average molecular weight is 397 g/mol. The fourth-order valence-corrected chi connectivity index (χ4v) is 2.67. The minimum atomic E-state index is -0.499. The second-order valence-corrected chi connectivity index (χ2v) is 6.21. The van der Waals surface area contributed by atoms with Gasteiger partial charge in [0.05, 0.1) is 12.5 Å². The third-order valence-electron chi connectivity index (χ3n) is 3.35. The monoisotopic (exact) mass is 396 g/mol. The normalized spacial score (nSPS) is 11.5. The quantitative estimate of drug-likeness (QED) is 0.666. The van der Waals surface area contributed by atoms with Crippen molar-refractivity contribution in [3.63, 3.8) is 0 Å². The van der Waals surface area contributed by atoms with Gasteiger partial charge >= 0.3 is 5.97 Å². The molecule has 0 aliphatic heterocycles. The zero-order chi connectivity index (χ0) is 18.9. The number of rotatable bonds is 8. The second-order valence-electron chi connectivity index (χ2n) is 5.36. The van der Waals surface area contributed by atoms with E-state index in [2.05, 4.69) is 20.6 Å². The molecule has 0 aliphatic rings. The van der Waals surface area contributed by atoms with Crippen molar-refractivity contribution >= 4 is 41.0 Å². The first-order chi connectivity index (χ1) is 12.5. The molecule has 1 amide bonds. The van der Waals surface area contributed by atoms with Crippen LogP contribution in [-0.4, -0.2) is 35.0 Å². The molecule has 0 saturated heterocycles. The number of benzene rings is 1. The molecule has 0 aliphatic carbocycles. The Balaban J connectivity index is 1.69. The summed E-state index contributed by atoms with van der Waals surface area (Å²) in [6.45, 7) is 1.72. The Morgan fingerprint density at radius 1 is 1.23 bits per heavy atom. The first-order valence-electron chi connectivity index (χ1n) is 7.86. The molecule has 7 nitrogen and oxygen atoms in total. The van der Waals surface area contributed by atoms with Gasteiger partial charge in [0, 0.05) is 29.0 Å². The molecule has 2 aromatic rings. The average Bonchev–Trinajstić information content (AvgIpc) is 2.60. The van der Waals surface area contributed by atoms with Crippen LogP contribution < -0.4 is 10.6 Å². The van der Waals surface area contributed by atoms with Crippen LogP contribution >= 0.6 is 23.2 Å². The molecule has 1 aromatic heterocycles. The molecule has 0 bridgehead atoms. The highest BCUT2D eigenvalue weighted by atomic mass is 35.5. The molecule has 0 spiro atoms. The molecule has 26 heavy (non-hydrogen) atoms. The van der Waals surface area contributed by atoms with Crippen molar-refractivity contribution in [1.82, 2.24) is 15.3 Å². The summed E-state index contributed by atoms with van der Waals surface area (Å²) in [5.74, 6) is -0.497. The second kappa shape index (κ2) is 9.94. The van der Waals surface area contributed by atoms with Crippen LogP contribution in [0.1, 0.15) is 24.9 Å². The fourth-order valence-electron chi connectivity index (χ4n) is 2.10. The first kappa shape index (κ1) is 19.9. The van der Waals surface area contributed by atoms with E-state index in [0.717, 1.165) is 5.56 Å². The standard InChI is InChI=1S/C17H18Cl2N4O3/c1-11(13-4-3-12(18)9-14(13)19)23-15(24)10-26-16(25)5-8-22-17-20-6-2-7-21-17/h2-4,6-7,9,11H,5,8,10H2,1H3,(H,23,24)(H,20,21,22). The van der Waals surface area contributed by atoms with E-state index in [1.807, 2.05) is 0 Å². The number of nitrogens with one attached hydrogen (secondary N) is 2. The van der Waals surface area contributed by atoms with Crippen LogP contribution in [0, 0.1) is 0 Å². The first-order valence-corrected chi connectivity index (χ1v) is 8.62. The zero-order valence-electron chi connectivity index (χ0n) is 14.0. The summed E-state index contributed by atoms with van der Waals surface area (Å²) in [7, 11) is 0. The van der Waals surface area contributed by atoms with Gasteiger partial charge in [0.2, 0.25) is 5.95 Å². The van der Waals surface area contributed by atoms with Crippen molar-refractivity contribution in [2.45, 2.75) is 19.4 Å². The molecule has 138 valence electrons. The summed E-state index contributed by atoms with van der Waals surface area (Å²) in [4.78, 5) is 31.5. The lowest BCUT2D eigenvalue weighted by atomic mass is 10.1. The molecule has 0 saturated carbocycles. The van der Waals surface area contributed by atoms with Gasteiger partial charge in [-0.3, -0.25) is 9.59 Å². The fraction of sp³-hybridized carbons (Fsp3) is 0.294. The van der Waals surface area contributed by atoms with Gasteiger partial charge in [-0.2, -0.15) is 0 Å². The Morgan fingerprint density at radius 2 is 1.96 bits per heavy atom. The zero-order valence-corrected chi connectivity index (χ0v) is 15.5. The Kier molecular flexibility index (Phi) is 7.62. The molecule has 9 heteroatoms. The highest BCUT2D eigenvalue weighted by molar-refractivity contribution is 6.35. The van der Waals surface area contributed by atoms with Crippen molar-refractivity contribution in [2.24, 2.45) is 0 Å². The molecule has 2 N–H and O–H groups in total. The van der Waals surface area contributed by atoms with Crippen molar-refractivity contribution in [3.05, 3.63) is 52.3 Å². The summed E-state index contributed by atoms with van der Waals surface area (Å²) in [6, 6.07) is 6.37. The van der Waals surface area contributed by atoms with Gasteiger partial charge in [0.25, 0.3) is 5.91 Å². The molecule has 1 heterocycles. The summed E-state index contributed by atoms with van der Waals surface area (Å²) in [5, 5.41) is 6.56. The lowest BCUT2D eigenvalue weighted by Crippen LogP contribution is -2.31. The molecule has 2 rings (SSSR count). The number of amides is 1. The molecular formula is C17H18Cl2N4O3. The van der Waals surface area contributed by atoms with Gasteiger partial charge in [-0.25, -0.2) is 9.97 Å². The maximum absolute atomic E-state index is 11.9. The molecule has 1 atom stereocenters. The number of hydrogen-bond acceptors (Lipinski definition) is 6. The van der Waals surface area contributed by atoms with Crippen LogP contribution in [0.2, 0.25) is 10.0 Å². The van der Waals surface area contributed by atoms with Crippen LogP contribution in [0.15, 0.2) is 36.7 Å². The molecule has 1 aromatic carbocycles. The van der Waals surface area contributed by atoms with Crippen LogP contribution in [-0.2, 0) is 14.3 Å². The Labute approximate surface area is 161 Å². The largest absolute Gasteiger partial charge is 0.456 e. The third-order valence-corrected chi connectivity index (χ3v) is 3.91. The van der Waals surface area contributed by atoms with E-state index in [4.69, 9.17) is 27.9 Å². The highest BCUT2D eigenvalue weighted by Gasteiger charge is 2.14. The maximum Gasteiger partial charge on any atom is 0.308 e. The lowest BCUT2D eigenvalue weighted by Gasteiger charge is -2.16. The topological polar surface area (TPSA) is 93.2 Å². The highest BCUT2D eigenvalue weighted by Crippen LogP contribution is 2.25. The van der Waals surface area contributed by atoms with Gasteiger partial charge in [-0.05, 0) is 30.7 Å². The minimum absolute atomic E-state index is 0.0874. The van der Waals surface area contributed by atoms with E-state index in [-0.39, 0.29) is 19.1 Å². The lowest BCUT2D eigenvalue weighted by molar-refractivity contribution is -0.148. The van der Waals surface area contributed by atoms with Crippen LogP contribution in [0.3, 0.4) is 0 Å². The van der Waals surface area contributed by atoms with Crippen LogP contribution in [0.5, 0.6) is 0 Å². The van der Waals surface area contributed by atoms with E-state index < -0.39 is 11.9 Å². The van der Waals surface area contributed by atoms with E-state index in [9.17, 15) is 9.59 Å². The number of anilines is 1. The van der Waals surface area contributed by atoms with E-state index in [1.165, 1.54) is 0 Å². The summed E-state index contributed by atoms with van der Waals surface area (Å²) in [6.07, 6.45) is 3.27. The third kappa shape index (κ3) is 6.50. The Morgan fingerprint density at radius 3 is 2.65 bits per heavy atom. The van der Waals surface area contributed by atoms with Gasteiger partial charge in [-0.15, -0.1) is 0 Å². The molecule has 0 radical (unpaired) electrons. The van der Waals surface area contributed by atoms with Gasteiger partial charge in [-0.1, -0.05) is 29.3 Å². The van der Waals surface area contributed by atoms with E-state index >= 15 is 0 Å². The number of halogens is 2. The van der Waals surface area contributed by atoms with Crippen molar-refractivity contribution < 1.29 is 14.3 Å². The molecule has 1 unspecified atom stereocenters. The number of ether oxygens (including phenoxy) is 1. The van der Waals surface area contributed by atoms with Gasteiger partial charge in [0.15, 0.2) is 6.61 Å². The van der Waals surface area contributed by atoms with Crippen molar-refractivity contribution in [3.8, 4) is 0 Å². The summed E-state index contributed by atoms with van der Waals surface area (Å²) in [5.41, 5.74) is 0.725. The van der Waals surface area contributed by atoms with Crippen molar-refractivity contribution in [2.75, 3.05) is 18.5 Å². The summed E-state index contributed by atoms with van der Waals surface area (Å²) < 4.78 is 4.94.